The molecule has 112 valence electrons. The third-order valence-electron chi connectivity index (χ3n) is 3.50. The van der Waals surface area contributed by atoms with Gasteiger partial charge in [0.2, 0.25) is 0 Å². The number of carbonyl (C=O) groups is 2. The molecule has 23 heavy (non-hydrogen) atoms. The Hall–Kier alpha value is -1.71. The van der Waals surface area contributed by atoms with E-state index in [-0.39, 0.29) is 57.5 Å². The number of ketones is 2. The second-order valence-corrected chi connectivity index (χ2v) is 6.13. The maximum absolute atomic E-state index is 12.5. The van der Waals surface area contributed by atoms with Gasteiger partial charge in [0.05, 0.1) is 21.7 Å². The summed E-state index contributed by atoms with van der Waals surface area (Å²) in [5.41, 5.74) is 10.3. The van der Waals surface area contributed by atoms with Crippen molar-refractivity contribution in [3.63, 3.8) is 0 Å². The molecule has 9 heteroatoms. The number of carbonyl (C=O) groups excluding carboxylic acids is 2. The Balaban J connectivity index is 0.00000192. The van der Waals surface area contributed by atoms with Gasteiger partial charge in [0, 0.05) is 16.8 Å². The zero-order valence-electron chi connectivity index (χ0n) is 12.0. The zero-order valence-corrected chi connectivity index (χ0v) is 14.8. The molecule has 3 rings (SSSR count). The van der Waals surface area contributed by atoms with Gasteiger partial charge in [-0.1, -0.05) is 24.3 Å². The third kappa shape index (κ3) is 2.58. The Kier molecular flexibility index (Phi) is 4.40. The number of benzene rings is 2. The molecule has 7 nitrogen and oxygen atoms in total. The molecule has 0 fully saturated rings. The van der Waals surface area contributed by atoms with Crippen molar-refractivity contribution in [3.8, 4) is 0 Å². The standard InChI is InChI=1S/C14H10N2O5S.Na/c15-8-5-9(22(19,20)21)12(16)11-10(8)13(17)6-3-1-2-4-7(6)14(11)18;/h1-5H,15-16H2,(H,19,20,21);/q;+1/p-1. The van der Waals surface area contributed by atoms with Gasteiger partial charge in [-0.3, -0.25) is 9.59 Å². The van der Waals surface area contributed by atoms with Crippen molar-refractivity contribution in [2.75, 3.05) is 11.5 Å². The molecule has 0 atom stereocenters. The van der Waals surface area contributed by atoms with E-state index in [0.29, 0.717) is 0 Å². The first kappa shape index (κ1) is 17.6. The first-order valence-corrected chi connectivity index (χ1v) is 7.50. The van der Waals surface area contributed by atoms with Gasteiger partial charge in [-0.25, -0.2) is 8.42 Å². The summed E-state index contributed by atoms with van der Waals surface area (Å²) in [5, 5.41) is 0. The number of nitrogens with two attached hydrogens (primary N) is 2. The first-order chi connectivity index (χ1) is 10.2. The summed E-state index contributed by atoms with van der Waals surface area (Å²) in [6.45, 7) is 0. The van der Waals surface area contributed by atoms with Crippen molar-refractivity contribution in [1.29, 1.82) is 0 Å². The SMILES string of the molecule is Nc1cc(S(=O)(=O)[O-])c(N)c2c1C(=O)c1ccccc1C2=O.[Na+]. The maximum atomic E-state index is 12.5. The Morgan fingerprint density at radius 1 is 0.913 bits per heavy atom. The molecule has 1 aliphatic carbocycles. The molecule has 0 saturated carbocycles. The topological polar surface area (TPSA) is 143 Å². The van der Waals surface area contributed by atoms with Crippen LogP contribution in [-0.4, -0.2) is 24.5 Å². The summed E-state index contributed by atoms with van der Waals surface area (Å²) in [5.74, 6) is -1.18. The molecule has 0 aromatic heterocycles. The van der Waals surface area contributed by atoms with Gasteiger partial charge in [0.1, 0.15) is 10.1 Å². The van der Waals surface area contributed by atoms with Gasteiger partial charge >= 0.3 is 29.6 Å². The summed E-state index contributed by atoms with van der Waals surface area (Å²) in [4.78, 5) is 24.2. The largest absolute Gasteiger partial charge is 1.00 e. The number of hydrogen-bond donors (Lipinski definition) is 2. The van der Waals surface area contributed by atoms with Crippen LogP contribution in [0.4, 0.5) is 11.4 Å². The predicted molar refractivity (Wildman–Crippen MR) is 76.5 cm³/mol. The van der Waals surface area contributed by atoms with E-state index in [4.69, 9.17) is 11.5 Å². The van der Waals surface area contributed by atoms with Crippen LogP contribution < -0.4 is 41.0 Å². The van der Waals surface area contributed by atoms with Crippen molar-refractivity contribution < 1.29 is 52.1 Å². The van der Waals surface area contributed by atoms with Crippen LogP contribution in [-0.2, 0) is 10.1 Å². The van der Waals surface area contributed by atoms with Crippen molar-refractivity contribution in [3.05, 3.63) is 52.6 Å². The fraction of sp³-hybridized carbons (Fsp3) is 0. The van der Waals surface area contributed by atoms with Crippen molar-refractivity contribution >= 4 is 33.1 Å². The van der Waals surface area contributed by atoms with E-state index in [2.05, 4.69) is 0 Å². The van der Waals surface area contributed by atoms with Crippen LogP contribution in [0, 0.1) is 0 Å². The molecule has 1 aliphatic rings. The van der Waals surface area contributed by atoms with Crippen LogP contribution in [0.15, 0.2) is 35.2 Å². The summed E-state index contributed by atoms with van der Waals surface area (Å²) < 4.78 is 33.7. The Morgan fingerprint density at radius 3 is 1.87 bits per heavy atom. The van der Waals surface area contributed by atoms with Gasteiger partial charge in [0.15, 0.2) is 11.6 Å². The quantitative estimate of drug-likeness (QED) is 0.284. The van der Waals surface area contributed by atoms with Gasteiger partial charge in [-0.2, -0.15) is 0 Å². The second kappa shape index (κ2) is 5.73. The van der Waals surface area contributed by atoms with E-state index in [1.165, 1.54) is 12.1 Å². The number of hydrogen-bond acceptors (Lipinski definition) is 7. The summed E-state index contributed by atoms with van der Waals surface area (Å²) in [6.07, 6.45) is 0. The van der Waals surface area contributed by atoms with Crippen LogP contribution in [0.1, 0.15) is 31.8 Å². The monoisotopic (exact) mass is 340 g/mol. The van der Waals surface area contributed by atoms with Crippen molar-refractivity contribution in [1.82, 2.24) is 0 Å². The van der Waals surface area contributed by atoms with E-state index in [9.17, 15) is 22.6 Å². The van der Waals surface area contributed by atoms with E-state index in [0.717, 1.165) is 6.07 Å². The van der Waals surface area contributed by atoms with Crippen LogP contribution in [0.25, 0.3) is 0 Å². The predicted octanol–water partition coefficient (Wildman–Crippen LogP) is -2.47. The molecule has 0 saturated heterocycles. The van der Waals surface area contributed by atoms with Gasteiger partial charge in [-0.05, 0) is 6.07 Å². The molecule has 0 heterocycles. The smallest absolute Gasteiger partial charge is 0.744 e. The fourth-order valence-corrected chi connectivity index (χ4v) is 3.17. The minimum atomic E-state index is -4.93. The first-order valence-electron chi connectivity index (χ1n) is 6.09. The Labute approximate surface area is 153 Å². The number of fused-ring (bicyclic) bond motifs is 2. The summed E-state index contributed by atoms with van der Waals surface area (Å²) in [7, 11) is -4.93. The van der Waals surface area contributed by atoms with Crippen LogP contribution in [0.2, 0.25) is 0 Å². The van der Waals surface area contributed by atoms with Crippen LogP contribution in [0.3, 0.4) is 0 Å². The zero-order chi connectivity index (χ0) is 16.2. The summed E-state index contributed by atoms with van der Waals surface area (Å²) in [6, 6.07) is 6.85. The Morgan fingerprint density at radius 2 is 1.39 bits per heavy atom. The van der Waals surface area contributed by atoms with Gasteiger partial charge in [0.25, 0.3) is 0 Å². The molecule has 0 amide bonds. The third-order valence-corrected chi connectivity index (χ3v) is 4.38. The normalized spacial score (nSPS) is 13.1. The Bertz CT molecular complexity index is 969. The number of nitrogen functional groups attached to an aromatic ring is 2. The van der Waals surface area contributed by atoms with E-state index in [1.807, 2.05) is 0 Å². The molecule has 0 bridgehead atoms. The molecule has 2 aromatic rings. The van der Waals surface area contributed by atoms with Crippen LogP contribution >= 0.6 is 0 Å². The number of anilines is 2. The molecule has 0 radical (unpaired) electrons. The van der Waals surface area contributed by atoms with Crippen LogP contribution in [0.5, 0.6) is 0 Å². The molecular weight excluding hydrogens is 331 g/mol. The van der Waals surface area contributed by atoms with E-state index < -0.39 is 32.3 Å². The average Bonchev–Trinajstić information content (AvgIpc) is 2.45. The molecular formula is C14H9N2NaO5S. The van der Waals surface area contributed by atoms with Gasteiger partial charge in [-0.15, -0.1) is 0 Å². The van der Waals surface area contributed by atoms with Gasteiger partial charge < -0.3 is 16.0 Å². The molecule has 4 N–H and O–H groups in total. The second-order valence-electron chi connectivity index (χ2n) is 4.79. The molecule has 0 spiro atoms. The summed E-state index contributed by atoms with van der Waals surface area (Å²) >= 11 is 0. The van der Waals surface area contributed by atoms with Crippen molar-refractivity contribution in [2.45, 2.75) is 4.90 Å². The minimum absolute atomic E-state index is 0. The minimum Gasteiger partial charge on any atom is -0.744 e. The molecule has 0 unspecified atom stereocenters. The maximum Gasteiger partial charge on any atom is 1.00 e. The molecule has 0 aliphatic heterocycles. The fourth-order valence-electron chi connectivity index (χ4n) is 2.53. The van der Waals surface area contributed by atoms with Crippen molar-refractivity contribution in [2.24, 2.45) is 0 Å². The van der Waals surface area contributed by atoms with E-state index in [1.54, 1.807) is 12.1 Å². The average molecular weight is 340 g/mol. The molecule has 2 aromatic carbocycles. The van der Waals surface area contributed by atoms with E-state index >= 15 is 0 Å². The number of rotatable bonds is 1.